The van der Waals surface area contributed by atoms with E-state index >= 15 is 0 Å². The van der Waals surface area contributed by atoms with E-state index in [4.69, 9.17) is 15.9 Å². The van der Waals surface area contributed by atoms with Crippen LogP contribution in [0.1, 0.15) is 26.2 Å². The van der Waals surface area contributed by atoms with E-state index in [0.717, 1.165) is 0 Å². The Kier molecular flexibility index (Phi) is 4.66. The van der Waals surface area contributed by atoms with Crippen molar-refractivity contribution >= 4 is 17.8 Å². The monoisotopic (exact) mass is 258 g/mol. The zero-order valence-corrected chi connectivity index (χ0v) is 10.2. The van der Waals surface area contributed by atoms with Gasteiger partial charge in [-0.1, -0.05) is 6.92 Å². The van der Waals surface area contributed by atoms with Crippen molar-refractivity contribution in [3.05, 3.63) is 0 Å². The maximum absolute atomic E-state index is 11.9. The summed E-state index contributed by atoms with van der Waals surface area (Å²) < 4.78 is 0. The lowest BCUT2D eigenvalue weighted by Gasteiger charge is -2.37. The molecular weight excluding hydrogens is 240 g/mol. The van der Waals surface area contributed by atoms with Crippen molar-refractivity contribution in [3.8, 4) is 0 Å². The van der Waals surface area contributed by atoms with Crippen LogP contribution >= 0.6 is 0 Å². The van der Waals surface area contributed by atoms with Gasteiger partial charge >= 0.3 is 11.9 Å². The van der Waals surface area contributed by atoms with E-state index in [0.29, 0.717) is 19.4 Å². The Bertz CT molecular complexity index is 357. The van der Waals surface area contributed by atoms with Gasteiger partial charge in [0.25, 0.3) is 0 Å². The molecule has 1 saturated heterocycles. The van der Waals surface area contributed by atoms with Crippen molar-refractivity contribution in [3.63, 3.8) is 0 Å². The zero-order chi connectivity index (χ0) is 13.9. The number of rotatable bonds is 4. The average molecular weight is 258 g/mol. The number of hydrogen-bond donors (Lipinski definition) is 3. The molecule has 1 heterocycles. The number of nitrogens with two attached hydrogens (primary N) is 1. The Balaban J connectivity index is 2.75. The van der Waals surface area contributed by atoms with Crippen molar-refractivity contribution in [1.29, 1.82) is 0 Å². The Labute approximate surface area is 105 Å². The molecule has 0 bridgehead atoms. The molecule has 0 spiro atoms. The van der Waals surface area contributed by atoms with Gasteiger partial charge in [-0.25, -0.2) is 4.79 Å². The highest BCUT2D eigenvalue weighted by molar-refractivity contribution is 5.89. The Morgan fingerprint density at radius 3 is 2.50 bits per heavy atom. The van der Waals surface area contributed by atoms with E-state index in [-0.39, 0.29) is 5.92 Å². The van der Waals surface area contributed by atoms with Crippen LogP contribution in [0.3, 0.4) is 0 Å². The molecule has 3 atom stereocenters. The maximum atomic E-state index is 11.9. The topological polar surface area (TPSA) is 121 Å². The highest BCUT2D eigenvalue weighted by atomic mass is 16.4. The minimum Gasteiger partial charge on any atom is -0.481 e. The summed E-state index contributed by atoms with van der Waals surface area (Å²) in [4.78, 5) is 34.7. The summed E-state index contributed by atoms with van der Waals surface area (Å²) in [6, 6.07) is -2.08. The van der Waals surface area contributed by atoms with E-state index in [1.54, 1.807) is 0 Å². The standard InChI is InChI=1S/C11H18N2O5/c1-6-2-3-13(8(4-6)11(17)18)10(16)7(12)5-9(14)15/h6-8H,2-5,12H2,1H3,(H,14,15)(H,17,18). The average Bonchev–Trinajstić information content (AvgIpc) is 2.26. The molecule has 0 aromatic rings. The molecule has 0 saturated carbocycles. The highest BCUT2D eigenvalue weighted by Gasteiger charge is 2.36. The van der Waals surface area contributed by atoms with Crippen LogP contribution in [0.4, 0.5) is 0 Å². The number of carbonyl (C=O) groups is 3. The summed E-state index contributed by atoms with van der Waals surface area (Å²) >= 11 is 0. The van der Waals surface area contributed by atoms with Crippen LogP contribution in [0, 0.1) is 5.92 Å². The first-order chi connectivity index (χ1) is 8.32. The summed E-state index contributed by atoms with van der Waals surface area (Å²) in [6.45, 7) is 2.24. The number of carboxylic acids is 2. The fourth-order valence-corrected chi connectivity index (χ4v) is 2.13. The van der Waals surface area contributed by atoms with Crippen molar-refractivity contribution in [2.24, 2.45) is 11.7 Å². The first kappa shape index (κ1) is 14.4. The van der Waals surface area contributed by atoms with E-state index in [1.807, 2.05) is 6.92 Å². The largest absolute Gasteiger partial charge is 0.481 e. The third-order valence-corrected chi connectivity index (χ3v) is 3.14. The smallest absolute Gasteiger partial charge is 0.326 e. The molecule has 7 heteroatoms. The number of carboxylic acid groups (broad SMARTS) is 2. The van der Waals surface area contributed by atoms with Crippen LogP contribution in [0.5, 0.6) is 0 Å². The van der Waals surface area contributed by atoms with E-state index < -0.39 is 36.4 Å². The van der Waals surface area contributed by atoms with Crippen molar-refractivity contribution < 1.29 is 24.6 Å². The molecule has 1 amide bonds. The molecule has 1 aliphatic heterocycles. The fourth-order valence-electron chi connectivity index (χ4n) is 2.13. The van der Waals surface area contributed by atoms with Crippen molar-refractivity contribution in [1.82, 2.24) is 4.90 Å². The SMILES string of the molecule is CC1CCN(C(=O)C(N)CC(=O)O)C(C(=O)O)C1. The van der Waals surface area contributed by atoms with Gasteiger partial charge in [-0.15, -0.1) is 0 Å². The van der Waals surface area contributed by atoms with Gasteiger partial charge in [-0.3, -0.25) is 9.59 Å². The number of hydrogen-bond acceptors (Lipinski definition) is 4. The third kappa shape index (κ3) is 3.43. The van der Waals surface area contributed by atoms with Crippen LogP contribution in [0.15, 0.2) is 0 Å². The van der Waals surface area contributed by atoms with Crippen LogP contribution < -0.4 is 5.73 Å². The maximum Gasteiger partial charge on any atom is 0.326 e. The Morgan fingerprint density at radius 2 is 2.00 bits per heavy atom. The van der Waals surface area contributed by atoms with Gasteiger partial charge in [0.1, 0.15) is 6.04 Å². The Hall–Kier alpha value is -1.63. The first-order valence-electron chi connectivity index (χ1n) is 5.83. The van der Waals surface area contributed by atoms with Crippen molar-refractivity contribution in [2.75, 3.05) is 6.54 Å². The molecule has 3 unspecified atom stereocenters. The molecule has 1 rings (SSSR count). The predicted molar refractivity (Wildman–Crippen MR) is 61.8 cm³/mol. The summed E-state index contributed by atoms with van der Waals surface area (Å²) in [5.74, 6) is -2.62. The normalized spacial score (nSPS) is 25.6. The number of nitrogens with zero attached hydrogens (tertiary/aromatic N) is 1. The van der Waals surface area contributed by atoms with Gasteiger partial charge in [0.2, 0.25) is 5.91 Å². The summed E-state index contributed by atoms with van der Waals surface area (Å²) in [5.41, 5.74) is 5.48. The molecule has 0 aromatic heterocycles. The molecule has 4 N–H and O–H groups in total. The van der Waals surface area contributed by atoms with Gasteiger partial charge < -0.3 is 20.8 Å². The van der Waals surface area contributed by atoms with Gasteiger partial charge in [0.15, 0.2) is 0 Å². The molecular formula is C11H18N2O5. The molecule has 0 radical (unpaired) electrons. The van der Waals surface area contributed by atoms with Gasteiger partial charge in [-0.2, -0.15) is 0 Å². The molecule has 102 valence electrons. The minimum absolute atomic E-state index is 0.228. The second-order valence-electron chi connectivity index (χ2n) is 4.72. The number of amides is 1. The van der Waals surface area contributed by atoms with Crippen molar-refractivity contribution in [2.45, 2.75) is 38.3 Å². The van der Waals surface area contributed by atoms with E-state index in [2.05, 4.69) is 0 Å². The minimum atomic E-state index is -1.18. The lowest BCUT2D eigenvalue weighted by Crippen LogP contribution is -2.55. The van der Waals surface area contributed by atoms with Gasteiger partial charge in [-0.05, 0) is 18.8 Å². The highest BCUT2D eigenvalue weighted by Crippen LogP contribution is 2.23. The molecule has 18 heavy (non-hydrogen) atoms. The van der Waals surface area contributed by atoms with Crippen LogP contribution in [-0.4, -0.2) is 51.6 Å². The van der Waals surface area contributed by atoms with E-state index in [1.165, 1.54) is 4.90 Å². The zero-order valence-electron chi connectivity index (χ0n) is 10.2. The summed E-state index contributed by atoms with van der Waals surface area (Å²) in [7, 11) is 0. The molecule has 1 aliphatic rings. The lowest BCUT2D eigenvalue weighted by molar-refractivity contribution is -0.154. The second-order valence-corrected chi connectivity index (χ2v) is 4.72. The number of aliphatic carboxylic acids is 2. The quantitative estimate of drug-likeness (QED) is 0.625. The Morgan fingerprint density at radius 1 is 1.39 bits per heavy atom. The van der Waals surface area contributed by atoms with Crippen LogP contribution in [0.2, 0.25) is 0 Å². The molecule has 0 aliphatic carbocycles. The fraction of sp³-hybridized carbons (Fsp3) is 0.727. The van der Waals surface area contributed by atoms with Gasteiger partial charge in [0, 0.05) is 6.54 Å². The van der Waals surface area contributed by atoms with E-state index in [9.17, 15) is 14.4 Å². The van der Waals surface area contributed by atoms with Gasteiger partial charge in [0.05, 0.1) is 12.5 Å². The molecule has 7 nitrogen and oxygen atoms in total. The predicted octanol–water partition coefficient (Wildman–Crippen LogP) is -0.500. The number of likely N-dealkylation sites (tertiary alicyclic amines) is 1. The second kappa shape index (κ2) is 5.81. The first-order valence-corrected chi connectivity index (χ1v) is 5.83. The number of carbonyl (C=O) groups excluding carboxylic acids is 1. The molecule has 0 aromatic carbocycles. The third-order valence-electron chi connectivity index (χ3n) is 3.14. The molecule has 1 fully saturated rings. The lowest BCUT2D eigenvalue weighted by atomic mass is 9.91. The number of piperidine rings is 1. The summed E-state index contributed by atoms with van der Waals surface area (Å²) in [6.07, 6.45) is 0.591. The van der Waals surface area contributed by atoms with Crippen LogP contribution in [-0.2, 0) is 14.4 Å². The van der Waals surface area contributed by atoms with Crippen LogP contribution in [0.25, 0.3) is 0 Å². The summed E-state index contributed by atoms with van der Waals surface area (Å²) in [5, 5.41) is 17.7.